The molecule has 1 atom stereocenters. The van der Waals surface area contributed by atoms with E-state index in [2.05, 4.69) is 23.5 Å². The van der Waals surface area contributed by atoms with E-state index >= 15 is 0 Å². The normalized spacial score (nSPS) is 13.2. The van der Waals surface area contributed by atoms with E-state index in [4.69, 9.17) is 11.6 Å². The molecule has 102 valence electrons. The van der Waals surface area contributed by atoms with Crippen LogP contribution >= 0.6 is 11.6 Å². The van der Waals surface area contributed by atoms with Gasteiger partial charge in [0.15, 0.2) is 0 Å². The van der Waals surface area contributed by atoms with E-state index in [9.17, 15) is 5.26 Å². The molecule has 20 heavy (non-hydrogen) atoms. The number of aryl methyl sites for hydroxylation is 1. The Kier molecular flexibility index (Phi) is 4.65. The Labute approximate surface area is 125 Å². The fourth-order valence-corrected chi connectivity index (χ4v) is 2.16. The molecule has 0 radical (unpaired) electrons. The molecule has 0 spiro atoms. The summed E-state index contributed by atoms with van der Waals surface area (Å²) in [5.41, 5.74) is 1.56. The number of halogens is 1. The summed E-state index contributed by atoms with van der Waals surface area (Å²) in [6.07, 6.45) is 1.61. The van der Waals surface area contributed by atoms with Gasteiger partial charge in [-0.2, -0.15) is 5.26 Å². The minimum Gasteiger partial charge on any atom is -0.368 e. The van der Waals surface area contributed by atoms with Gasteiger partial charge in [0.05, 0.1) is 6.07 Å². The molecule has 0 amide bonds. The molecule has 2 aromatic rings. The minimum atomic E-state index is -0.594. The van der Waals surface area contributed by atoms with Gasteiger partial charge in [0, 0.05) is 10.7 Å². The van der Waals surface area contributed by atoms with Gasteiger partial charge in [-0.05, 0) is 49.6 Å². The third-order valence-corrected chi connectivity index (χ3v) is 3.52. The standard InChI is InChI=1S/C17H17ClN2/c1-17(13-19,12-11-14-5-3-2-4-6-14)20-16-9-7-15(18)8-10-16/h2-10,20H,11-12H2,1H3. The Morgan fingerprint density at radius 2 is 1.75 bits per heavy atom. The molecule has 0 aromatic heterocycles. The van der Waals surface area contributed by atoms with Gasteiger partial charge in [0.1, 0.15) is 5.54 Å². The smallest absolute Gasteiger partial charge is 0.122 e. The molecule has 0 bridgehead atoms. The molecule has 0 saturated heterocycles. The zero-order valence-corrected chi connectivity index (χ0v) is 12.2. The van der Waals surface area contributed by atoms with Gasteiger partial charge in [0.2, 0.25) is 0 Å². The van der Waals surface area contributed by atoms with Crippen LogP contribution in [0.25, 0.3) is 0 Å². The number of hydrogen-bond acceptors (Lipinski definition) is 2. The first-order chi connectivity index (χ1) is 9.61. The highest BCUT2D eigenvalue weighted by atomic mass is 35.5. The first-order valence-electron chi connectivity index (χ1n) is 6.60. The summed E-state index contributed by atoms with van der Waals surface area (Å²) in [5, 5.41) is 13.4. The van der Waals surface area contributed by atoms with E-state index < -0.39 is 5.54 Å². The van der Waals surface area contributed by atoms with Crippen molar-refractivity contribution in [3.05, 3.63) is 65.2 Å². The molecular weight excluding hydrogens is 268 g/mol. The molecule has 0 heterocycles. The van der Waals surface area contributed by atoms with Crippen LogP contribution in [-0.4, -0.2) is 5.54 Å². The van der Waals surface area contributed by atoms with E-state index in [1.807, 2.05) is 49.4 Å². The Morgan fingerprint density at radius 3 is 2.35 bits per heavy atom. The topological polar surface area (TPSA) is 35.8 Å². The molecule has 1 N–H and O–H groups in total. The van der Waals surface area contributed by atoms with Crippen molar-refractivity contribution < 1.29 is 0 Å². The van der Waals surface area contributed by atoms with E-state index in [0.717, 1.165) is 18.5 Å². The first-order valence-corrected chi connectivity index (χ1v) is 6.98. The number of hydrogen-bond donors (Lipinski definition) is 1. The van der Waals surface area contributed by atoms with E-state index in [1.165, 1.54) is 5.56 Å². The van der Waals surface area contributed by atoms with Crippen LogP contribution in [0.2, 0.25) is 5.02 Å². The maximum absolute atomic E-state index is 9.44. The van der Waals surface area contributed by atoms with Crippen molar-refractivity contribution in [2.75, 3.05) is 5.32 Å². The molecule has 0 fully saturated rings. The number of anilines is 1. The molecule has 1 unspecified atom stereocenters. The predicted molar refractivity (Wildman–Crippen MR) is 83.9 cm³/mol. The van der Waals surface area contributed by atoms with Crippen LogP contribution in [0.5, 0.6) is 0 Å². The number of rotatable bonds is 5. The van der Waals surface area contributed by atoms with Crippen LogP contribution in [0.3, 0.4) is 0 Å². The minimum absolute atomic E-state index is 0.594. The third kappa shape index (κ3) is 4.01. The first kappa shape index (κ1) is 14.4. The monoisotopic (exact) mass is 284 g/mol. The van der Waals surface area contributed by atoms with Crippen LogP contribution in [0.4, 0.5) is 5.69 Å². The fraction of sp³-hybridized carbons (Fsp3) is 0.235. The highest BCUT2D eigenvalue weighted by Crippen LogP contribution is 2.21. The molecular formula is C17H17ClN2. The molecule has 3 heteroatoms. The molecule has 2 rings (SSSR count). The second-order valence-electron chi connectivity index (χ2n) is 5.06. The second kappa shape index (κ2) is 6.45. The average Bonchev–Trinajstić information content (AvgIpc) is 2.49. The van der Waals surface area contributed by atoms with Crippen molar-refractivity contribution in [1.29, 1.82) is 5.26 Å². The van der Waals surface area contributed by atoms with Gasteiger partial charge in [-0.1, -0.05) is 41.9 Å². The maximum atomic E-state index is 9.44. The summed E-state index contributed by atoms with van der Waals surface area (Å²) in [6.45, 7) is 1.92. The van der Waals surface area contributed by atoms with Gasteiger partial charge in [-0.15, -0.1) is 0 Å². The fourth-order valence-electron chi connectivity index (χ4n) is 2.04. The highest BCUT2D eigenvalue weighted by molar-refractivity contribution is 6.30. The predicted octanol–water partition coefficient (Wildman–Crippen LogP) is 4.67. The second-order valence-corrected chi connectivity index (χ2v) is 5.50. The molecule has 2 nitrogen and oxygen atoms in total. The highest BCUT2D eigenvalue weighted by Gasteiger charge is 2.23. The van der Waals surface area contributed by atoms with Crippen LogP contribution in [0.1, 0.15) is 18.9 Å². The van der Waals surface area contributed by atoms with Gasteiger partial charge < -0.3 is 5.32 Å². The lowest BCUT2D eigenvalue weighted by atomic mass is 9.94. The van der Waals surface area contributed by atoms with Crippen LogP contribution in [0.15, 0.2) is 54.6 Å². The van der Waals surface area contributed by atoms with E-state index in [1.54, 1.807) is 0 Å². The lowest BCUT2D eigenvalue weighted by molar-refractivity contribution is 0.589. The Bertz CT molecular complexity index is 587. The average molecular weight is 285 g/mol. The van der Waals surface area contributed by atoms with Gasteiger partial charge in [0.25, 0.3) is 0 Å². The van der Waals surface area contributed by atoms with Crippen molar-refractivity contribution in [3.8, 4) is 6.07 Å². The lowest BCUT2D eigenvalue weighted by Crippen LogP contribution is -2.33. The van der Waals surface area contributed by atoms with Crippen LogP contribution in [0, 0.1) is 11.3 Å². The summed E-state index contributed by atoms with van der Waals surface area (Å²) in [5.74, 6) is 0. The lowest BCUT2D eigenvalue weighted by Gasteiger charge is -2.24. The summed E-state index contributed by atoms with van der Waals surface area (Å²) in [4.78, 5) is 0. The quantitative estimate of drug-likeness (QED) is 0.866. The molecule has 0 saturated carbocycles. The molecule has 0 aliphatic rings. The van der Waals surface area contributed by atoms with Crippen LogP contribution in [-0.2, 0) is 6.42 Å². The third-order valence-electron chi connectivity index (χ3n) is 3.27. The Hall–Kier alpha value is -1.98. The van der Waals surface area contributed by atoms with E-state index in [-0.39, 0.29) is 0 Å². The summed E-state index contributed by atoms with van der Waals surface area (Å²) in [7, 11) is 0. The van der Waals surface area contributed by atoms with Gasteiger partial charge in [-0.3, -0.25) is 0 Å². The summed E-state index contributed by atoms with van der Waals surface area (Å²) >= 11 is 5.87. The van der Waals surface area contributed by atoms with Crippen molar-refractivity contribution >= 4 is 17.3 Å². The number of nitriles is 1. The van der Waals surface area contributed by atoms with Crippen molar-refractivity contribution in [3.63, 3.8) is 0 Å². The largest absolute Gasteiger partial charge is 0.368 e. The van der Waals surface area contributed by atoms with Crippen molar-refractivity contribution in [2.45, 2.75) is 25.3 Å². The van der Waals surface area contributed by atoms with Gasteiger partial charge in [-0.25, -0.2) is 0 Å². The molecule has 0 aliphatic carbocycles. The number of nitrogens with one attached hydrogen (secondary N) is 1. The molecule has 0 aliphatic heterocycles. The Balaban J connectivity index is 2.02. The summed E-state index contributed by atoms with van der Waals surface area (Å²) < 4.78 is 0. The number of benzene rings is 2. The van der Waals surface area contributed by atoms with Crippen molar-refractivity contribution in [1.82, 2.24) is 0 Å². The maximum Gasteiger partial charge on any atom is 0.122 e. The zero-order valence-electron chi connectivity index (χ0n) is 11.4. The van der Waals surface area contributed by atoms with Gasteiger partial charge >= 0.3 is 0 Å². The van der Waals surface area contributed by atoms with Crippen molar-refractivity contribution in [2.24, 2.45) is 0 Å². The number of nitrogens with zero attached hydrogens (tertiary/aromatic N) is 1. The molecule has 2 aromatic carbocycles. The SMILES string of the molecule is CC(C#N)(CCc1ccccc1)Nc1ccc(Cl)cc1. The summed E-state index contributed by atoms with van der Waals surface area (Å²) in [6, 6.07) is 20.0. The van der Waals surface area contributed by atoms with Crippen LogP contribution < -0.4 is 5.32 Å². The van der Waals surface area contributed by atoms with E-state index in [0.29, 0.717) is 5.02 Å². The zero-order chi connectivity index (χ0) is 14.4. The Morgan fingerprint density at radius 1 is 1.10 bits per heavy atom.